The van der Waals surface area contributed by atoms with Crippen molar-refractivity contribution >= 4 is 34.3 Å². The minimum absolute atomic E-state index is 0.0444. The van der Waals surface area contributed by atoms with E-state index in [1.807, 2.05) is 12.1 Å². The number of carbonyl (C=O) groups is 2. The van der Waals surface area contributed by atoms with Crippen LogP contribution in [-0.4, -0.2) is 28.5 Å². The van der Waals surface area contributed by atoms with Crippen molar-refractivity contribution in [1.29, 1.82) is 0 Å². The second kappa shape index (κ2) is 7.74. The normalized spacial score (nSPS) is 11.6. The Kier molecular flexibility index (Phi) is 5.21. The van der Waals surface area contributed by atoms with E-state index in [9.17, 15) is 18.4 Å². The Bertz CT molecular complexity index is 1030. The van der Waals surface area contributed by atoms with E-state index >= 15 is 0 Å². The van der Waals surface area contributed by atoms with Gasteiger partial charge in [0.2, 0.25) is 0 Å². The summed E-state index contributed by atoms with van der Waals surface area (Å²) in [6.07, 6.45) is 1.35. The molecule has 0 aliphatic heterocycles. The fraction of sp³-hybridized carbons (Fsp3) is 0.0500. The fourth-order valence-corrected chi connectivity index (χ4v) is 2.50. The summed E-state index contributed by atoms with van der Waals surface area (Å²) in [6, 6.07) is 16.0. The molecule has 5 nitrogen and oxygen atoms in total. The van der Waals surface area contributed by atoms with Gasteiger partial charge in [0, 0.05) is 5.39 Å². The highest BCUT2D eigenvalue weighted by Gasteiger charge is 2.21. The Morgan fingerprint density at radius 1 is 1.00 bits per heavy atom. The number of pyridine rings is 1. The number of Topliss-reactive ketones (excluding diaryl/α,β-unsaturated/α-hetero) is 1. The van der Waals surface area contributed by atoms with Crippen LogP contribution in [0.25, 0.3) is 22.6 Å². The van der Waals surface area contributed by atoms with Crippen LogP contribution in [0.4, 0.5) is 8.78 Å². The summed E-state index contributed by atoms with van der Waals surface area (Å²) in [5.74, 6) is -2.78. The zero-order chi connectivity index (χ0) is 19.4. The maximum Gasteiger partial charge on any atom is 0.387 e. The summed E-state index contributed by atoms with van der Waals surface area (Å²) in [5.41, 5.74) is 1.14. The number of carboxylic acid groups (broad SMARTS) is 1. The third-order valence-electron chi connectivity index (χ3n) is 3.73. The number of aromatic nitrogens is 1. The number of carboxylic acids is 1. The number of para-hydroxylation sites is 1. The molecule has 1 N–H and O–H groups in total. The number of hydrogen-bond donors (Lipinski definition) is 1. The van der Waals surface area contributed by atoms with Crippen molar-refractivity contribution in [2.24, 2.45) is 0 Å². The molecule has 0 spiro atoms. The standard InChI is InChI=1S/C20H13F2NO4/c21-20(22)27-14-8-5-12(6-9-14)11-15(18(24)19(25)26)17-10-7-13-3-1-2-4-16(13)23-17/h1-11,20H,(H,25,26)/b15-11-. The van der Waals surface area contributed by atoms with Gasteiger partial charge in [0.05, 0.1) is 16.8 Å². The van der Waals surface area contributed by atoms with E-state index in [4.69, 9.17) is 5.11 Å². The van der Waals surface area contributed by atoms with Crippen LogP contribution in [0.5, 0.6) is 5.75 Å². The van der Waals surface area contributed by atoms with Crippen LogP contribution in [0.15, 0.2) is 60.7 Å². The van der Waals surface area contributed by atoms with Crippen LogP contribution in [-0.2, 0) is 9.59 Å². The quantitative estimate of drug-likeness (QED) is 0.524. The Labute approximate surface area is 152 Å². The monoisotopic (exact) mass is 369 g/mol. The highest BCUT2D eigenvalue weighted by atomic mass is 19.3. The first-order valence-corrected chi connectivity index (χ1v) is 7.84. The minimum Gasteiger partial charge on any atom is -0.475 e. The molecule has 0 radical (unpaired) electrons. The van der Waals surface area contributed by atoms with E-state index in [1.54, 1.807) is 24.3 Å². The SMILES string of the molecule is O=C(O)C(=O)/C(=C\c1ccc(OC(F)F)cc1)c1ccc2ccccc2n1. The number of nitrogens with zero attached hydrogens (tertiary/aromatic N) is 1. The summed E-state index contributed by atoms with van der Waals surface area (Å²) in [5, 5.41) is 9.97. The number of alkyl halides is 2. The molecule has 1 aromatic heterocycles. The van der Waals surface area contributed by atoms with E-state index in [0.29, 0.717) is 11.1 Å². The lowest BCUT2D eigenvalue weighted by Crippen LogP contribution is -2.15. The van der Waals surface area contributed by atoms with Gasteiger partial charge in [0.1, 0.15) is 5.75 Å². The molecular formula is C20H13F2NO4. The molecular weight excluding hydrogens is 356 g/mol. The van der Waals surface area contributed by atoms with E-state index in [2.05, 4.69) is 9.72 Å². The molecule has 136 valence electrons. The molecule has 0 bridgehead atoms. The van der Waals surface area contributed by atoms with Crippen LogP contribution >= 0.6 is 0 Å². The molecule has 0 fully saturated rings. The molecule has 0 unspecified atom stereocenters. The van der Waals surface area contributed by atoms with Gasteiger partial charge in [-0.2, -0.15) is 8.78 Å². The first-order chi connectivity index (χ1) is 12.9. The zero-order valence-electron chi connectivity index (χ0n) is 13.8. The molecule has 27 heavy (non-hydrogen) atoms. The van der Waals surface area contributed by atoms with Crippen molar-refractivity contribution in [3.05, 3.63) is 71.9 Å². The number of ketones is 1. The first-order valence-electron chi connectivity index (χ1n) is 7.84. The highest BCUT2D eigenvalue weighted by Crippen LogP contribution is 2.23. The highest BCUT2D eigenvalue weighted by molar-refractivity contribution is 6.52. The number of ether oxygens (including phenoxy) is 1. The van der Waals surface area contributed by atoms with Crippen LogP contribution in [0.2, 0.25) is 0 Å². The second-order valence-electron chi connectivity index (χ2n) is 5.53. The van der Waals surface area contributed by atoms with E-state index in [1.165, 1.54) is 30.3 Å². The number of halogens is 2. The van der Waals surface area contributed by atoms with Crippen molar-refractivity contribution < 1.29 is 28.2 Å². The van der Waals surface area contributed by atoms with Crippen LogP contribution in [0.3, 0.4) is 0 Å². The first kappa shape index (κ1) is 18.2. The molecule has 7 heteroatoms. The summed E-state index contributed by atoms with van der Waals surface area (Å²) >= 11 is 0. The topological polar surface area (TPSA) is 76.5 Å². The van der Waals surface area contributed by atoms with Crippen LogP contribution < -0.4 is 4.74 Å². The van der Waals surface area contributed by atoms with Gasteiger partial charge < -0.3 is 9.84 Å². The summed E-state index contributed by atoms with van der Waals surface area (Å²) in [7, 11) is 0. The lowest BCUT2D eigenvalue weighted by molar-refractivity contribution is -0.146. The van der Waals surface area contributed by atoms with Crippen molar-refractivity contribution in [1.82, 2.24) is 4.98 Å². The molecule has 3 aromatic rings. The largest absolute Gasteiger partial charge is 0.475 e. The molecule has 0 aliphatic rings. The third kappa shape index (κ3) is 4.33. The van der Waals surface area contributed by atoms with E-state index < -0.39 is 18.4 Å². The van der Waals surface area contributed by atoms with Crippen LogP contribution in [0.1, 0.15) is 11.3 Å². The summed E-state index contributed by atoms with van der Waals surface area (Å²) < 4.78 is 28.7. The van der Waals surface area contributed by atoms with Gasteiger partial charge in [0.15, 0.2) is 0 Å². The zero-order valence-corrected chi connectivity index (χ0v) is 13.8. The second-order valence-corrected chi connectivity index (χ2v) is 5.53. The molecule has 1 heterocycles. The molecule has 0 aliphatic carbocycles. The Hall–Kier alpha value is -3.61. The van der Waals surface area contributed by atoms with Crippen molar-refractivity contribution in [2.45, 2.75) is 6.61 Å². The van der Waals surface area contributed by atoms with Gasteiger partial charge >= 0.3 is 12.6 Å². The molecule has 3 rings (SSSR count). The number of rotatable bonds is 6. The number of hydrogen-bond acceptors (Lipinski definition) is 4. The minimum atomic E-state index is -2.95. The predicted molar refractivity (Wildman–Crippen MR) is 95.3 cm³/mol. The Morgan fingerprint density at radius 2 is 1.70 bits per heavy atom. The van der Waals surface area contributed by atoms with Gasteiger partial charge in [-0.15, -0.1) is 0 Å². The maximum absolute atomic E-state index is 12.2. The number of benzene rings is 2. The Balaban J connectivity index is 2.03. The average molecular weight is 369 g/mol. The maximum atomic E-state index is 12.2. The molecule has 0 atom stereocenters. The Morgan fingerprint density at radius 3 is 2.37 bits per heavy atom. The van der Waals surface area contributed by atoms with Crippen molar-refractivity contribution in [3.8, 4) is 5.75 Å². The predicted octanol–water partition coefficient (Wildman–Crippen LogP) is 4.03. The summed E-state index contributed by atoms with van der Waals surface area (Å²) in [6.45, 7) is -2.95. The van der Waals surface area contributed by atoms with Gasteiger partial charge in [-0.1, -0.05) is 36.4 Å². The van der Waals surface area contributed by atoms with Crippen molar-refractivity contribution in [3.63, 3.8) is 0 Å². The third-order valence-corrected chi connectivity index (χ3v) is 3.73. The van der Waals surface area contributed by atoms with Gasteiger partial charge in [-0.3, -0.25) is 4.79 Å². The van der Waals surface area contributed by atoms with Crippen LogP contribution in [0, 0.1) is 0 Å². The lowest BCUT2D eigenvalue weighted by atomic mass is 10.0. The van der Waals surface area contributed by atoms with Gasteiger partial charge in [-0.25, -0.2) is 9.78 Å². The molecule has 2 aromatic carbocycles. The van der Waals surface area contributed by atoms with Crippen molar-refractivity contribution in [2.75, 3.05) is 0 Å². The van der Waals surface area contributed by atoms with E-state index in [-0.39, 0.29) is 17.0 Å². The number of aliphatic carboxylic acids is 1. The molecule has 0 saturated carbocycles. The average Bonchev–Trinajstić information content (AvgIpc) is 2.66. The summed E-state index contributed by atoms with van der Waals surface area (Å²) in [4.78, 5) is 27.7. The molecule has 0 amide bonds. The smallest absolute Gasteiger partial charge is 0.387 e. The number of fused-ring (bicyclic) bond motifs is 1. The fourth-order valence-electron chi connectivity index (χ4n) is 2.50. The van der Waals surface area contributed by atoms with Gasteiger partial charge in [0.25, 0.3) is 5.78 Å². The van der Waals surface area contributed by atoms with E-state index in [0.717, 1.165) is 5.39 Å². The molecule has 0 saturated heterocycles. The number of carbonyl (C=O) groups excluding carboxylic acids is 1. The lowest BCUT2D eigenvalue weighted by Gasteiger charge is -2.07. The van der Waals surface area contributed by atoms with Gasteiger partial charge in [-0.05, 0) is 35.9 Å².